The van der Waals surface area contributed by atoms with E-state index < -0.39 is 10.0 Å². The Kier molecular flexibility index (Phi) is 3.65. The second-order valence-electron chi connectivity index (χ2n) is 3.60. The summed E-state index contributed by atoms with van der Waals surface area (Å²) < 4.78 is 26.2. The second kappa shape index (κ2) is 5.05. The molecule has 0 aliphatic heterocycles. The molecule has 2 heterocycles. The summed E-state index contributed by atoms with van der Waals surface area (Å²) in [6, 6.07) is 6.61. The van der Waals surface area contributed by atoms with E-state index in [-0.39, 0.29) is 0 Å². The van der Waals surface area contributed by atoms with E-state index in [4.69, 9.17) is 5.73 Å². The van der Waals surface area contributed by atoms with Crippen LogP contribution in [0.25, 0.3) is 0 Å². The number of hydrogen-bond donors (Lipinski definition) is 1. The molecule has 0 aliphatic rings. The highest BCUT2D eigenvalue weighted by molar-refractivity contribution is 7.94. The molecule has 0 saturated carbocycles. The normalized spacial score (nSPS) is 11.4. The number of pyridine rings is 1. The Morgan fingerprint density at radius 3 is 2.50 bits per heavy atom. The predicted octanol–water partition coefficient (Wildman–Crippen LogP) is 1.43. The molecule has 0 fully saturated rings. The summed E-state index contributed by atoms with van der Waals surface area (Å²) in [5.74, 6) is 0. The summed E-state index contributed by atoms with van der Waals surface area (Å²) in [5, 5.41) is 0. The fourth-order valence-electron chi connectivity index (χ4n) is 1.43. The van der Waals surface area contributed by atoms with Crippen LogP contribution in [0.1, 0.15) is 4.88 Å². The van der Waals surface area contributed by atoms with Crippen molar-refractivity contribution in [3.63, 3.8) is 0 Å². The minimum absolute atomic E-state index is 0.294. The number of rotatable bonds is 4. The van der Waals surface area contributed by atoms with Crippen LogP contribution < -0.4 is 10.0 Å². The molecular weight excluding hydrogens is 270 g/mol. The number of nitrogens with zero attached hydrogens (tertiary/aromatic N) is 2. The predicted molar refractivity (Wildman–Crippen MR) is 72.0 cm³/mol. The minimum atomic E-state index is -3.51. The molecule has 2 aromatic heterocycles. The number of hydrogen-bond acceptors (Lipinski definition) is 5. The van der Waals surface area contributed by atoms with Crippen LogP contribution >= 0.6 is 11.3 Å². The van der Waals surface area contributed by atoms with Crippen LogP contribution in [0.4, 0.5) is 5.69 Å². The second-order valence-corrected chi connectivity index (χ2v) is 6.97. The Labute approximate surface area is 110 Å². The summed E-state index contributed by atoms with van der Waals surface area (Å²) in [6.07, 6.45) is 3.11. The number of anilines is 1. The first kappa shape index (κ1) is 13.0. The van der Waals surface area contributed by atoms with Gasteiger partial charge in [-0.2, -0.15) is 0 Å². The van der Waals surface area contributed by atoms with Gasteiger partial charge in [-0.15, -0.1) is 11.3 Å². The third-order valence-corrected chi connectivity index (χ3v) is 5.84. The molecule has 0 spiro atoms. The summed E-state index contributed by atoms with van der Waals surface area (Å²) in [5.41, 5.74) is 6.06. The van der Waals surface area contributed by atoms with Gasteiger partial charge in [0.15, 0.2) is 0 Å². The lowest BCUT2D eigenvalue weighted by molar-refractivity contribution is 0.596. The molecule has 5 nitrogen and oxygen atoms in total. The van der Waals surface area contributed by atoms with Crippen molar-refractivity contribution in [1.82, 2.24) is 4.98 Å². The van der Waals surface area contributed by atoms with Crippen molar-refractivity contribution < 1.29 is 8.42 Å². The van der Waals surface area contributed by atoms with Gasteiger partial charge >= 0.3 is 0 Å². The summed E-state index contributed by atoms with van der Waals surface area (Å²) in [6.45, 7) is 0.346. The van der Waals surface area contributed by atoms with Crippen molar-refractivity contribution in [3.8, 4) is 0 Å². The van der Waals surface area contributed by atoms with E-state index in [0.717, 1.165) is 4.88 Å². The van der Waals surface area contributed by atoms with Crippen LogP contribution in [-0.4, -0.2) is 20.4 Å². The monoisotopic (exact) mass is 283 g/mol. The summed E-state index contributed by atoms with van der Waals surface area (Å²) in [7, 11) is -1.99. The number of thiophene rings is 1. The molecule has 0 atom stereocenters. The van der Waals surface area contributed by atoms with Gasteiger partial charge in [0.2, 0.25) is 0 Å². The average molecular weight is 283 g/mol. The van der Waals surface area contributed by atoms with Crippen molar-refractivity contribution >= 4 is 27.0 Å². The average Bonchev–Trinajstić information content (AvgIpc) is 2.88. The maximum atomic E-state index is 12.3. The van der Waals surface area contributed by atoms with Gasteiger partial charge in [0.1, 0.15) is 4.21 Å². The molecule has 0 bridgehead atoms. The Morgan fingerprint density at radius 1 is 1.28 bits per heavy atom. The Morgan fingerprint density at radius 2 is 1.94 bits per heavy atom. The third-order valence-electron chi connectivity index (χ3n) is 2.48. The fraction of sp³-hybridized carbons (Fsp3) is 0.182. The molecule has 96 valence electrons. The highest BCUT2D eigenvalue weighted by Gasteiger charge is 2.22. The van der Waals surface area contributed by atoms with Crippen molar-refractivity contribution in [2.75, 3.05) is 11.4 Å². The van der Waals surface area contributed by atoms with Crippen LogP contribution in [0.2, 0.25) is 0 Å². The van der Waals surface area contributed by atoms with E-state index >= 15 is 0 Å². The lowest BCUT2D eigenvalue weighted by Crippen LogP contribution is -2.25. The Balaban J connectivity index is 2.37. The first-order chi connectivity index (χ1) is 8.55. The lowest BCUT2D eigenvalue weighted by Gasteiger charge is -2.17. The largest absolute Gasteiger partial charge is 0.326 e. The topological polar surface area (TPSA) is 76.3 Å². The lowest BCUT2D eigenvalue weighted by atomic mass is 10.4. The zero-order valence-corrected chi connectivity index (χ0v) is 11.4. The molecule has 18 heavy (non-hydrogen) atoms. The van der Waals surface area contributed by atoms with Crippen molar-refractivity contribution in [3.05, 3.63) is 41.5 Å². The van der Waals surface area contributed by atoms with Gasteiger partial charge in [0.05, 0.1) is 5.69 Å². The fourth-order valence-corrected chi connectivity index (χ4v) is 4.04. The van der Waals surface area contributed by atoms with Gasteiger partial charge in [-0.3, -0.25) is 9.29 Å². The Bertz CT molecular complexity index is 623. The molecule has 0 unspecified atom stereocenters. The Hall–Kier alpha value is -1.44. The molecular formula is C11H13N3O2S2. The molecule has 2 N–H and O–H groups in total. The molecule has 0 amide bonds. The molecule has 0 radical (unpaired) electrons. The SMILES string of the molecule is CN(c1ccncc1)S(=O)(=O)c1ccc(CN)s1. The van der Waals surface area contributed by atoms with Crippen LogP contribution in [0.5, 0.6) is 0 Å². The van der Waals surface area contributed by atoms with Crippen molar-refractivity contribution in [1.29, 1.82) is 0 Å². The highest BCUT2D eigenvalue weighted by atomic mass is 32.2. The zero-order chi connectivity index (χ0) is 13.2. The number of nitrogens with two attached hydrogens (primary N) is 1. The summed E-state index contributed by atoms with van der Waals surface area (Å²) >= 11 is 1.19. The van der Waals surface area contributed by atoms with Gasteiger partial charge in [-0.1, -0.05) is 0 Å². The number of aromatic nitrogens is 1. The van der Waals surface area contributed by atoms with E-state index in [1.54, 1.807) is 36.7 Å². The minimum Gasteiger partial charge on any atom is -0.326 e. The number of sulfonamides is 1. The maximum Gasteiger partial charge on any atom is 0.273 e. The van der Waals surface area contributed by atoms with Gasteiger partial charge < -0.3 is 5.73 Å². The maximum absolute atomic E-state index is 12.3. The van der Waals surface area contributed by atoms with E-state index in [1.165, 1.54) is 22.7 Å². The van der Waals surface area contributed by atoms with Crippen LogP contribution in [0.15, 0.2) is 40.9 Å². The van der Waals surface area contributed by atoms with Gasteiger partial charge in [0.25, 0.3) is 10.0 Å². The molecule has 2 rings (SSSR count). The van der Waals surface area contributed by atoms with Gasteiger partial charge in [-0.05, 0) is 24.3 Å². The van der Waals surface area contributed by atoms with Crippen LogP contribution in [0.3, 0.4) is 0 Å². The third kappa shape index (κ3) is 2.38. The molecule has 7 heteroatoms. The first-order valence-electron chi connectivity index (χ1n) is 5.23. The van der Waals surface area contributed by atoms with Crippen LogP contribution in [0, 0.1) is 0 Å². The smallest absolute Gasteiger partial charge is 0.273 e. The molecule has 2 aromatic rings. The van der Waals surface area contributed by atoms with E-state index in [1.807, 2.05) is 0 Å². The van der Waals surface area contributed by atoms with Crippen molar-refractivity contribution in [2.45, 2.75) is 10.8 Å². The summed E-state index contributed by atoms with van der Waals surface area (Å²) in [4.78, 5) is 4.71. The molecule has 0 saturated heterocycles. The highest BCUT2D eigenvalue weighted by Crippen LogP contribution is 2.26. The van der Waals surface area contributed by atoms with E-state index in [0.29, 0.717) is 16.4 Å². The quantitative estimate of drug-likeness (QED) is 0.921. The van der Waals surface area contributed by atoms with E-state index in [2.05, 4.69) is 4.98 Å². The zero-order valence-electron chi connectivity index (χ0n) is 9.78. The standard InChI is InChI=1S/C11H13N3O2S2/c1-14(9-4-6-13-7-5-9)18(15,16)11-3-2-10(8-12)17-11/h2-7H,8,12H2,1H3. The molecule has 0 aromatic carbocycles. The molecule has 0 aliphatic carbocycles. The van der Waals surface area contributed by atoms with Gasteiger partial charge in [0, 0.05) is 30.9 Å². The van der Waals surface area contributed by atoms with Crippen LogP contribution in [-0.2, 0) is 16.6 Å². The van der Waals surface area contributed by atoms with E-state index in [9.17, 15) is 8.42 Å². The first-order valence-corrected chi connectivity index (χ1v) is 7.49. The van der Waals surface area contributed by atoms with Crippen molar-refractivity contribution in [2.24, 2.45) is 5.73 Å². The van der Waals surface area contributed by atoms with Gasteiger partial charge in [-0.25, -0.2) is 8.42 Å².